The number of aryl methyl sites for hydroxylation is 2. The Morgan fingerprint density at radius 3 is 2.25 bits per heavy atom. The van der Waals surface area contributed by atoms with E-state index in [2.05, 4.69) is 0 Å². The number of carbonyl (C=O) groups excluding carboxylic acids is 1. The highest BCUT2D eigenvalue weighted by atomic mass is 35.5. The van der Waals surface area contributed by atoms with Gasteiger partial charge in [0.1, 0.15) is 11.5 Å². The first-order chi connectivity index (χ1) is 9.38. The fourth-order valence-corrected chi connectivity index (χ4v) is 2.29. The van der Waals surface area contributed by atoms with E-state index in [4.69, 9.17) is 27.8 Å². The number of ether oxygens (including phenoxy) is 1. The monoisotopic (exact) mass is 290 g/mol. The van der Waals surface area contributed by atoms with Crippen LogP contribution in [0.2, 0.25) is 5.02 Å². The topological polar surface area (TPSA) is 78.3 Å². The highest BCUT2D eigenvalue weighted by molar-refractivity contribution is 6.30. The van der Waals surface area contributed by atoms with E-state index in [0.29, 0.717) is 27.8 Å². The van der Waals surface area contributed by atoms with Crippen molar-refractivity contribution in [2.24, 2.45) is 5.73 Å². The second kappa shape index (κ2) is 5.43. The Balaban J connectivity index is 2.38. The number of primary amides is 1. The molecule has 0 spiro atoms. The Hall–Kier alpha value is -2.20. The van der Waals surface area contributed by atoms with E-state index in [-0.39, 0.29) is 0 Å². The van der Waals surface area contributed by atoms with Crippen LogP contribution in [0.25, 0.3) is 0 Å². The molecule has 20 heavy (non-hydrogen) atoms. The number of carbonyl (C=O) groups is 1. The molecule has 5 heteroatoms. The SMILES string of the molecule is Cc1cc(Cl)cc(C)c1Oc1ccc(C(N)=O)cc1N. The minimum Gasteiger partial charge on any atom is -0.455 e. The third-order valence-corrected chi connectivity index (χ3v) is 3.15. The van der Waals surface area contributed by atoms with E-state index >= 15 is 0 Å². The molecular weight excluding hydrogens is 276 g/mol. The van der Waals surface area contributed by atoms with Crippen molar-refractivity contribution < 1.29 is 9.53 Å². The van der Waals surface area contributed by atoms with Gasteiger partial charge in [-0.3, -0.25) is 4.79 Å². The summed E-state index contributed by atoms with van der Waals surface area (Å²) in [6, 6.07) is 8.34. The molecule has 0 aliphatic carbocycles. The maximum Gasteiger partial charge on any atom is 0.248 e. The van der Waals surface area contributed by atoms with Crippen molar-refractivity contribution in [2.45, 2.75) is 13.8 Å². The lowest BCUT2D eigenvalue weighted by molar-refractivity contribution is 0.100. The molecule has 0 aromatic heterocycles. The lowest BCUT2D eigenvalue weighted by Crippen LogP contribution is -2.11. The van der Waals surface area contributed by atoms with Crippen LogP contribution in [0, 0.1) is 13.8 Å². The summed E-state index contributed by atoms with van der Waals surface area (Å²) < 4.78 is 5.82. The smallest absolute Gasteiger partial charge is 0.248 e. The second-order valence-corrected chi connectivity index (χ2v) is 5.02. The van der Waals surface area contributed by atoms with Crippen molar-refractivity contribution in [1.82, 2.24) is 0 Å². The van der Waals surface area contributed by atoms with Crippen LogP contribution in [-0.2, 0) is 0 Å². The van der Waals surface area contributed by atoms with Crippen LogP contribution in [-0.4, -0.2) is 5.91 Å². The van der Waals surface area contributed by atoms with Crippen LogP contribution >= 0.6 is 11.6 Å². The second-order valence-electron chi connectivity index (χ2n) is 4.59. The van der Waals surface area contributed by atoms with Gasteiger partial charge in [-0.15, -0.1) is 0 Å². The molecule has 0 atom stereocenters. The molecule has 0 aliphatic rings. The Morgan fingerprint density at radius 2 is 1.75 bits per heavy atom. The van der Waals surface area contributed by atoms with Gasteiger partial charge in [0.05, 0.1) is 5.69 Å². The molecule has 0 unspecified atom stereocenters. The molecule has 2 aromatic carbocycles. The zero-order valence-corrected chi connectivity index (χ0v) is 12.0. The van der Waals surface area contributed by atoms with Gasteiger partial charge >= 0.3 is 0 Å². The summed E-state index contributed by atoms with van der Waals surface area (Å²) in [5, 5.41) is 0.657. The highest BCUT2D eigenvalue weighted by Gasteiger charge is 2.11. The summed E-state index contributed by atoms with van der Waals surface area (Å²) in [6.07, 6.45) is 0. The summed E-state index contributed by atoms with van der Waals surface area (Å²) in [4.78, 5) is 11.1. The van der Waals surface area contributed by atoms with Crippen molar-refractivity contribution in [1.29, 1.82) is 0 Å². The lowest BCUT2D eigenvalue weighted by atomic mass is 10.1. The van der Waals surface area contributed by atoms with Gasteiger partial charge in [-0.2, -0.15) is 0 Å². The summed E-state index contributed by atoms with van der Waals surface area (Å²) in [5.41, 5.74) is 13.6. The van der Waals surface area contributed by atoms with Crippen LogP contribution in [0.5, 0.6) is 11.5 Å². The molecule has 4 N–H and O–H groups in total. The van der Waals surface area contributed by atoms with Crippen molar-refractivity contribution in [3.63, 3.8) is 0 Å². The largest absolute Gasteiger partial charge is 0.455 e. The molecule has 2 aromatic rings. The number of anilines is 1. The number of hydrogen-bond acceptors (Lipinski definition) is 3. The maximum absolute atomic E-state index is 11.1. The van der Waals surface area contributed by atoms with Crippen LogP contribution in [0.3, 0.4) is 0 Å². The van der Waals surface area contributed by atoms with E-state index in [1.165, 1.54) is 6.07 Å². The standard InChI is InChI=1S/C15H15ClN2O2/c1-8-5-11(16)6-9(2)14(8)20-13-4-3-10(15(18)19)7-12(13)17/h3-7H,17H2,1-2H3,(H2,18,19). The average molecular weight is 291 g/mol. The lowest BCUT2D eigenvalue weighted by Gasteiger charge is -2.14. The van der Waals surface area contributed by atoms with Crippen LogP contribution in [0.15, 0.2) is 30.3 Å². The zero-order valence-electron chi connectivity index (χ0n) is 11.2. The molecule has 4 nitrogen and oxygen atoms in total. The summed E-state index contributed by atoms with van der Waals surface area (Å²) in [5.74, 6) is 0.651. The van der Waals surface area contributed by atoms with E-state index in [1.54, 1.807) is 12.1 Å². The molecule has 104 valence electrons. The molecule has 0 heterocycles. The molecule has 0 radical (unpaired) electrons. The molecule has 2 rings (SSSR count). The molecule has 1 amide bonds. The first-order valence-electron chi connectivity index (χ1n) is 6.02. The number of nitrogen functional groups attached to an aromatic ring is 1. The van der Waals surface area contributed by atoms with Crippen LogP contribution in [0.1, 0.15) is 21.5 Å². The maximum atomic E-state index is 11.1. The highest BCUT2D eigenvalue weighted by Crippen LogP contribution is 2.34. The van der Waals surface area contributed by atoms with Gasteiger partial charge in [0.25, 0.3) is 0 Å². The number of amides is 1. The number of rotatable bonds is 3. The fourth-order valence-electron chi connectivity index (χ4n) is 1.96. The predicted molar refractivity (Wildman–Crippen MR) is 80.4 cm³/mol. The van der Waals surface area contributed by atoms with Gasteiger partial charge in [-0.25, -0.2) is 0 Å². The number of nitrogens with two attached hydrogens (primary N) is 2. The van der Waals surface area contributed by atoms with Crippen molar-refractivity contribution >= 4 is 23.2 Å². The molecule has 0 aliphatic heterocycles. The quantitative estimate of drug-likeness (QED) is 0.850. The van der Waals surface area contributed by atoms with Gasteiger partial charge in [0, 0.05) is 10.6 Å². The zero-order chi connectivity index (χ0) is 14.9. The van der Waals surface area contributed by atoms with Crippen LogP contribution < -0.4 is 16.2 Å². The fraction of sp³-hybridized carbons (Fsp3) is 0.133. The Labute approximate surface area is 122 Å². The molecule has 0 saturated carbocycles. The van der Waals surface area contributed by atoms with Crippen molar-refractivity contribution in [3.8, 4) is 11.5 Å². The molecule has 0 saturated heterocycles. The van der Waals surface area contributed by atoms with Crippen LogP contribution in [0.4, 0.5) is 5.69 Å². The molecule has 0 fully saturated rings. The summed E-state index contributed by atoms with van der Waals surface area (Å²) >= 11 is 5.98. The van der Waals surface area contributed by atoms with Gasteiger partial charge in [-0.1, -0.05) is 11.6 Å². The Morgan fingerprint density at radius 1 is 1.15 bits per heavy atom. The van der Waals surface area contributed by atoms with Gasteiger partial charge in [-0.05, 0) is 55.3 Å². The Kier molecular flexibility index (Phi) is 3.86. The minimum atomic E-state index is -0.526. The molecule has 0 bridgehead atoms. The van der Waals surface area contributed by atoms with Gasteiger partial charge in [0.2, 0.25) is 5.91 Å². The number of hydrogen-bond donors (Lipinski definition) is 2. The third kappa shape index (κ3) is 2.86. The summed E-state index contributed by atoms with van der Waals surface area (Å²) in [7, 11) is 0. The van der Waals surface area contributed by atoms with E-state index in [0.717, 1.165) is 11.1 Å². The first kappa shape index (κ1) is 14.2. The number of halogens is 1. The molecular formula is C15H15ClN2O2. The van der Waals surface area contributed by atoms with E-state index in [9.17, 15) is 4.79 Å². The van der Waals surface area contributed by atoms with E-state index in [1.807, 2.05) is 26.0 Å². The normalized spacial score (nSPS) is 10.3. The van der Waals surface area contributed by atoms with Crippen molar-refractivity contribution in [2.75, 3.05) is 5.73 Å². The van der Waals surface area contributed by atoms with Gasteiger partial charge < -0.3 is 16.2 Å². The number of benzene rings is 2. The van der Waals surface area contributed by atoms with E-state index < -0.39 is 5.91 Å². The predicted octanol–water partition coefficient (Wildman–Crippen LogP) is 3.43. The Bertz CT molecular complexity index is 661. The van der Waals surface area contributed by atoms with Crippen molar-refractivity contribution in [3.05, 3.63) is 52.0 Å². The van der Waals surface area contributed by atoms with Gasteiger partial charge in [0.15, 0.2) is 0 Å². The summed E-state index contributed by atoms with van der Waals surface area (Å²) in [6.45, 7) is 3.81. The average Bonchev–Trinajstić information content (AvgIpc) is 2.34. The minimum absolute atomic E-state index is 0.347. The third-order valence-electron chi connectivity index (χ3n) is 2.93. The first-order valence-corrected chi connectivity index (χ1v) is 6.40.